The van der Waals surface area contributed by atoms with Crippen LogP contribution in [0, 0.1) is 0 Å². The molecule has 3 N–H and O–H groups in total. The number of hydrogen-bond acceptors (Lipinski definition) is 5. The SMILES string of the molecule is CC.COc1cc2c(cc1C(C)(C)NC1CCCNC1c1ccccc1)C(C)(C(F)(F)F)OCC2O. The van der Waals surface area contributed by atoms with E-state index >= 15 is 0 Å². The highest BCUT2D eigenvalue weighted by Crippen LogP contribution is 2.50. The number of aliphatic hydroxyl groups excluding tert-OH is 1. The van der Waals surface area contributed by atoms with E-state index in [1.165, 1.54) is 19.2 Å². The first-order valence-corrected chi connectivity index (χ1v) is 12.7. The van der Waals surface area contributed by atoms with Crippen molar-refractivity contribution in [1.82, 2.24) is 10.6 Å². The van der Waals surface area contributed by atoms with E-state index in [1.807, 2.05) is 45.9 Å². The highest BCUT2D eigenvalue weighted by atomic mass is 19.4. The highest BCUT2D eigenvalue weighted by Gasteiger charge is 2.57. The lowest BCUT2D eigenvalue weighted by Gasteiger charge is -2.43. The van der Waals surface area contributed by atoms with Crippen LogP contribution in [0.1, 0.15) is 81.9 Å². The van der Waals surface area contributed by atoms with Crippen molar-refractivity contribution < 1.29 is 27.8 Å². The summed E-state index contributed by atoms with van der Waals surface area (Å²) in [5.41, 5.74) is -1.40. The molecule has 1 saturated heterocycles. The Kier molecular flexibility index (Phi) is 8.76. The van der Waals surface area contributed by atoms with Crippen LogP contribution < -0.4 is 15.4 Å². The standard InChI is InChI=1S/C26H33F3N2O3.C2H6/c1-24(2,31-20-11-8-12-30-23(20)16-9-6-5-7-10-16)19-14-18-17(13-22(19)33-4)21(32)15-34-25(18,3)26(27,28)29;1-2/h5-7,9-10,13-14,20-21,23,30-32H,8,11-12,15H2,1-4H3;1-2H3. The highest BCUT2D eigenvalue weighted by molar-refractivity contribution is 5.50. The molecule has 1 fully saturated rings. The number of hydrogen-bond donors (Lipinski definition) is 3. The zero-order valence-electron chi connectivity index (χ0n) is 22.0. The third-order valence-electron chi connectivity index (χ3n) is 7.15. The molecule has 2 aliphatic rings. The zero-order valence-corrected chi connectivity index (χ0v) is 22.0. The number of rotatable bonds is 5. The number of halogens is 3. The summed E-state index contributed by atoms with van der Waals surface area (Å²) in [7, 11) is 1.49. The van der Waals surface area contributed by atoms with E-state index in [4.69, 9.17) is 9.47 Å². The van der Waals surface area contributed by atoms with Gasteiger partial charge < -0.3 is 25.2 Å². The van der Waals surface area contributed by atoms with E-state index in [-0.39, 0.29) is 23.2 Å². The molecule has 8 heteroatoms. The summed E-state index contributed by atoms with van der Waals surface area (Å²) in [6.07, 6.45) is -3.89. The molecule has 0 radical (unpaired) electrons. The number of aliphatic hydroxyl groups is 1. The van der Waals surface area contributed by atoms with Gasteiger partial charge in [-0.3, -0.25) is 0 Å². The molecule has 2 aromatic carbocycles. The Morgan fingerprint density at radius 1 is 1.14 bits per heavy atom. The van der Waals surface area contributed by atoms with Crippen LogP contribution in [0.3, 0.4) is 0 Å². The first-order chi connectivity index (χ1) is 17.0. The molecule has 2 aromatic rings. The zero-order chi connectivity index (χ0) is 26.7. The van der Waals surface area contributed by atoms with Crippen LogP contribution in [0.25, 0.3) is 0 Å². The Morgan fingerprint density at radius 2 is 1.81 bits per heavy atom. The van der Waals surface area contributed by atoms with Gasteiger partial charge in [0, 0.05) is 23.2 Å². The fourth-order valence-corrected chi connectivity index (χ4v) is 5.19. The molecule has 4 unspecified atom stereocenters. The normalized spacial score (nSPS) is 26.4. The van der Waals surface area contributed by atoms with Crippen molar-refractivity contribution in [3.63, 3.8) is 0 Å². The van der Waals surface area contributed by atoms with Gasteiger partial charge in [0.15, 0.2) is 5.60 Å². The predicted octanol–water partition coefficient (Wildman–Crippen LogP) is 5.88. The fraction of sp³-hybridized carbons (Fsp3) is 0.571. The summed E-state index contributed by atoms with van der Waals surface area (Å²) in [5, 5.41) is 17.7. The topological polar surface area (TPSA) is 62.8 Å². The van der Waals surface area contributed by atoms with Gasteiger partial charge in [0.1, 0.15) is 11.9 Å². The summed E-state index contributed by atoms with van der Waals surface area (Å²) in [5.74, 6) is 0.432. The second-order valence-electron chi connectivity index (χ2n) is 9.86. The van der Waals surface area contributed by atoms with Gasteiger partial charge in [-0.15, -0.1) is 0 Å². The molecule has 0 aliphatic carbocycles. The van der Waals surface area contributed by atoms with Crippen molar-refractivity contribution in [1.29, 1.82) is 0 Å². The van der Waals surface area contributed by atoms with Crippen molar-refractivity contribution in [2.24, 2.45) is 0 Å². The maximum absolute atomic E-state index is 14.1. The molecule has 0 amide bonds. The third kappa shape index (κ3) is 5.42. The molecule has 5 nitrogen and oxygen atoms in total. The minimum atomic E-state index is -4.64. The lowest BCUT2D eigenvalue weighted by atomic mass is 9.80. The van der Waals surface area contributed by atoms with Gasteiger partial charge in [-0.2, -0.15) is 13.2 Å². The van der Waals surface area contributed by atoms with Crippen LogP contribution in [-0.4, -0.2) is 37.6 Å². The molecule has 0 saturated carbocycles. The molecule has 0 bridgehead atoms. The Labute approximate surface area is 212 Å². The lowest BCUT2D eigenvalue weighted by molar-refractivity contribution is -0.288. The summed E-state index contributed by atoms with van der Waals surface area (Å²) >= 11 is 0. The Balaban J connectivity index is 0.00000176. The number of piperidine rings is 1. The third-order valence-corrected chi connectivity index (χ3v) is 7.15. The quantitative estimate of drug-likeness (QED) is 0.471. The smallest absolute Gasteiger partial charge is 0.421 e. The van der Waals surface area contributed by atoms with Crippen LogP contribution in [0.15, 0.2) is 42.5 Å². The molecule has 0 aromatic heterocycles. The largest absolute Gasteiger partial charge is 0.496 e. The second kappa shape index (κ2) is 11.1. The van der Waals surface area contributed by atoms with Crippen LogP contribution in [-0.2, 0) is 15.9 Å². The lowest BCUT2D eigenvalue weighted by Crippen LogP contribution is -2.52. The van der Waals surface area contributed by atoms with Gasteiger partial charge in [-0.25, -0.2) is 0 Å². The van der Waals surface area contributed by atoms with Gasteiger partial charge >= 0.3 is 6.18 Å². The minimum absolute atomic E-state index is 0.0581. The van der Waals surface area contributed by atoms with Gasteiger partial charge in [-0.1, -0.05) is 44.2 Å². The first-order valence-electron chi connectivity index (χ1n) is 12.7. The molecule has 36 heavy (non-hydrogen) atoms. The fourth-order valence-electron chi connectivity index (χ4n) is 5.19. The van der Waals surface area contributed by atoms with Crippen LogP contribution >= 0.6 is 0 Å². The molecule has 4 rings (SSSR count). The predicted molar refractivity (Wildman–Crippen MR) is 135 cm³/mol. The summed E-state index contributed by atoms with van der Waals surface area (Å²) in [6.45, 7) is 9.38. The molecule has 0 spiro atoms. The maximum Gasteiger partial charge on any atom is 0.421 e. The number of alkyl halides is 3. The second-order valence-corrected chi connectivity index (χ2v) is 9.86. The Morgan fingerprint density at radius 3 is 2.42 bits per heavy atom. The van der Waals surface area contributed by atoms with Crippen LogP contribution in [0.4, 0.5) is 13.2 Å². The summed E-state index contributed by atoms with van der Waals surface area (Å²) < 4.78 is 53.1. The van der Waals surface area contributed by atoms with E-state index in [0.717, 1.165) is 31.9 Å². The number of benzene rings is 2. The van der Waals surface area contributed by atoms with Crippen LogP contribution in [0.2, 0.25) is 0 Å². The summed E-state index contributed by atoms with van der Waals surface area (Å²) in [4.78, 5) is 0. The molecular formula is C28H39F3N2O3. The molecule has 4 atom stereocenters. The summed E-state index contributed by atoms with van der Waals surface area (Å²) in [6, 6.07) is 13.3. The Hall–Kier alpha value is -2.13. The Bertz CT molecular complexity index is 1010. The number of ether oxygens (including phenoxy) is 2. The van der Waals surface area contributed by atoms with Gasteiger partial charge in [-0.05, 0) is 69.0 Å². The van der Waals surface area contributed by atoms with Crippen LogP contribution in [0.5, 0.6) is 5.75 Å². The first kappa shape index (κ1) is 28.4. The van der Waals surface area contributed by atoms with Gasteiger partial charge in [0.2, 0.25) is 0 Å². The van der Waals surface area contributed by atoms with Crippen molar-refractivity contribution in [2.75, 3.05) is 20.3 Å². The van der Waals surface area contributed by atoms with Crippen molar-refractivity contribution in [3.8, 4) is 5.75 Å². The molecule has 2 aliphatic heterocycles. The number of nitrogens with one attached hydrogen (secondary N) is 2. The van der Waals surface area contributed by atoms with E-state index in [9.17, 15) is 18.3 Å². The monoisotopic (exact) mass is 508 g/mol. The molecule has 2 heterocycles. The number of methoxy groups -OCH3 is 1. The van der Waals surface area contributed by atoms with E-state index in [0.29, 0.717) is 11.3 Å². The van der Waals surface area contributed by atoms with Gasteiger partial charge in [0.25, 0.3) is 0 Å². The maximum atomic E-state index is 14.1. The van der Waals surface area contributed by atoms with Gasteiger partial charge in [0.05, 0.1) is 13.7 Å². The van der Waals surface area contributed by atoms with Crippen molar-refractivity contribution >= 4 is 0 Å². The van der Waals surface area contributed by atoms with E-state index < -0.39 is 30.0 Å². The average Bonchev–Trinajstić information content (AvgIpc) is 2.87. The minimum Gasteiger partial charge on any atom is -0.496 e. The van der Waals surface area contributed by atoms with Crippen molar-refractivity contribution in [3.05, 3.63) is 64.7 Å². The van der Waals surface area contributed by atoms with E-state index in [1.54, 1.807) is 0 Å². The average molecular weight is 509 g/mol. The molecular weight excluding hydrogens is 469 g/mol. The van der Waals surface area contributed by atoms with E-state index in [2.05, 4.69) is 22.8 Å². The molecule has 200 valence electrons. The van der Waals surface area contributed by atoms with Crippen molar-refractivity contribution in [2.45, 2.75) is 83.0 Å². The number of fused-ring (bicyclic) bond motifs is 1.